The maximum atomic E-state index is 11.5. The zero-order valence-electron chi connectivity index (χ0n) is 8.64. The molecule has 15 heavy (non-hydrogen) atoms. The molecule has 2 atom stereocenters. The summed E-state index contributed by atoms with van der Waals surface area (Å²) in [5, 5.41) is 15.3. The summed E-state index contributed by atoms with van der Waals surface area (Å²) in [6.07, 6.45) is 3.23. The molecule has 1 rings (SSSR count). The molecule has 0 fully saturated rings. The average Bonchev–Trinajstić information content (AvgIpc) is 2.72. The minimum atomic E-state index is -0.288. The number of hydrogen-bond acceptors (Lipinski definition) is 5. The van der Waals surface area contributed by atoms with Crippen LogP contribution in [0.3, 0.4) is 0 Å². The van der Waals surface area contributed by atoms with Crippen molar-refractivity contribution in [2.24, 2.45) is 0 Å². The molecule has 0 aliphatic carbocycles. The van der Waals surface area contributed by atoms with Gasteiger partial charge in [0.2, 0.25) is 0 Å². The number of thioether (sulfide) groups is 1. The molecule has 0 aliphatic rings. The van der Waals surface area contributed by atoms with Gasteiger partial charge in [0.1, 0.15) is 6.26 Å². The molecule has 0 radical (unpaired) electrons. The van der Waals surface area contributed by atoms with Crippen LogP contribution in [-0.4, -0.2) is 40.3 Å². The van der Waals surface area contributed by atoms with Gasteiger partial charge in [0.05, 0.1) is 6.61 Å². The molecule has 1 amide bonds. The highest BCUT2D eigenvalue weighted by Crippen LogP contribution is 2.10. The van der Waals surface area contributed by atoms with Gasteiger partial charge in [-0.25, -0.2) is 0 Å². The number of nitrogens with zero attached hydrogens (tertiary/aromatic N) is 1. The lowest BCUT2D eigenvalue weighted by molar-refractivity contribution is 0.0927. The summed E-state index contributed by atoms with van der Waals surface area (Å²) in [6, 6.07) is 1.38. The normalized spacial score (nSPS) is 14.6. The monoisotopic (exact) mass is 230 g/mol. The van der Waals surface area contributed by atoms with Gasteiger partial charge in [-0.2, -0.15) is 11.8 Å². The molecule has 2 N–H and O–H groups in total. The van der Waals surface area contributed by atoms with E-state index in [1.54, 1.807) is 0 Å². The first-order valence-electron chi connectivity index (χ1n) is 4.54. The molecule has 84 valence electrons. The Morgan fingerprint density at radius 3 is 3.00 bits per heavy atom. The molecule has 1 aromatic heterocycles. The van der Waals surface area contributed by atoms with Gasteiger partial charge >= 0.3 is 0 Å². The SMILES string of the molecule is CSC(CO)C(C)NC(=O)c1ccon1. The lowest BCUT2D eigenvalue weighted by Crippen LogP contribution is -2.41. The molecule has 1 aromatic rings. The first-order chi connectivity index (χ1) is 7.19. The van der Waals surface area contributed by atoms with E-state index in [0.717, 1.165) is 0 Å². The second-order valence-electron chi connectivity index (χ2n) is 3.10. The van der Waals surface area contributed by atoms with E-state index in [2.05, 4.69) is 15.0 Å². The number of aliphatic hydroxyl groups excluding tert-OH is 1. The van der Waals surface area contributed by atoms with E-state index in [-0.39, 0.29) is 29.5 Å². The predicted octanol–water partition coefficient (Wildman–Crippen LogP) is 0.517. The fourth-order valence-corrected chi connectivity index (χ4v) is 1.77. The Kier molecular flexibility index (Phi) is 4.64. The molecule has 5 nitrogen and oxygen atoms in total. The van der Waals surface area contributed by atoms with Gasteiger partial charge in [0, 0.05) is 17.4 Å². The summed E-state index contributed by atoms with van der Waals surface area (Å²) < 4.78 is 4.56. The van der Waals surface area contributed by atoms with Gasteiger partial charge in [-0.05, 0) is 13.2 Å². The molecule has 0 aromatic carbocycles. The molecule has 0 bridgehead atoms. The fourth-order valence-electron chi connectivity index (χ4n) is 1.14. The van der Waals surface area contributed by atoms with Crippen LogP contribution in [0.2, 0.25) is 0 Å². The molecule has 6 heteroatoms. The Morgan fingerprint density at radius 1 is 1.80 bits per heavy atom. The largest absolute Gasteiger partial charge is 0.395 e. The standard InChI is InChI=1S/C9H14N2O3S/c1-6(8(5-12)15-2)10-9(13)7-3-4-14-11-7/h3-4,6,8,12H,5H2,1-2H3,(H,10,13). The maximum absolute atomic E-state index is 11.5. The fraction of sp³-hybridized carbons (Fsp3) is 0.556. The van der Waals surface area contributed by atoms with Gasteiger partial charge in [-0.3, -0.25) is 4.79 Å². The molecule has 0 saturated carbocycles. The lowest BCUT2D eigenvalue weighted by atomic mass is 10.2. The van der Waals surface area contributed by atoms with Crippen LogP contribution in [0.25, 0.3) is 0 Å². The minimum Gasteiger partial charge on any atom is -0.395 e. The van der Waals surface area contributed by atoms with Crippen LogP contribution in [0.1, 0.15) is 17.4 Å². The predicted molar refractivity (Wildman–Crippen MR) is 57.8 cm³/mol. The van der Waals surface area contributed by atoms with Crippen molar-refractivity contribution in [2.75, 3.05) is 12.9 Å². The third-order valence-electron chi connectivity index (χ3n) is 2.07. The average molecular weight is 230 g/mol. The lowest BCUT2D eigenvalue weighted by Gasteiger charge is -2.20. The second kappa shape index (κ2) is 5.77. The van der Waals surface area contributed by atoms with Crippen LogP contribution in [0, 0.1) is 0 Å². The van der Waals surface area contributed by atoms with Gasteiger partial charge in [-0.1, -0.05) is 5.16 Å². The van der Waals surface area contributed by atoms with E-state index in [9.17, 15) is 4.79 Å². The van der Waals surface area contributed by atoms with Crippen molar-refractivity contribution in [2.45, 2.75) is 18.2 Å². The summed E-state index contributed by atoms with van der Waals surface area (Å²) >= 11 is 1.51. The van der Waals surface area contributed by atoms with E-state index in [4.69, 9.17) is 5.11 Å². The van der Waals surface area contributed by atoms with Crippen LogP contribution in [-0.2, 0) is 0 Å². The smallest absolute Gasteiger partial charge is 0.273 e. The molecule has 0 aliphatic heterocycles. The summed E-state index contributed by atoms with van der Waals surface area (Å²) in [6.45, 7) is 1.87. The minimum absolute atomic E-state index is 0.0131. The summed E-state index contributed by atoms with van der Waals surface area (Å²) in [4.78, 5) is 11.5. The number of carbonyl (C=O) groups is 1. The van der Waals surface area contributed by atoms with Gasteiger partial charge in [-0.15, -0.1) is 0 Å². The molecule has 0 spiro atoms. The number of carbonyl (C=O) groups excluding carboxylic acids is 1. The third-order valence-corrected chi connectivity index (χ3v) is 3.23. The van der Waals surface area contributed by atoms with Gasteiger partial charge < -0.3 is 14.9 Å². The molecule has 1 heterocycles. The van der Waals surface area contributed by atoms with Gasteiger partial charge in [0.25, 0.3) is 5.91 Å². The van der Waals surface area contributed by atoms with E-state index >= 15 is 0 Å². The van der Waals surface area contributed by atoms with E-state index in [1.807, 2.05) is 13.2 Å². The Balaban J connectivity index is 2.51. The Bertz CT molecular complexity index is 298. The highest BCUT2D eigenvalue weighted by molar-refractivity contribution is 7.99. The maximum Gasteiger partial charge on any atom is 0.273 e. The van der Waals surface area contributed by atoms with Crippen molar-refractivity contribution in [3.05, 3.63) is 18.0 Å². The number of hydrogen-bond donors (Lipinski definition) is 2. The number of nitrogens with one attached hydrogen (secondary N) is 1. The van der Waals surface area contributed by atoms with E-state index < -0.39 is 0 Å². The third kappa shape index (κ3) is 3.24. The zero-order chi connectivity index (χ0) is 11.3. The van der Waals surface area contributed by atoms with Crippen LogP contribution < -0.4 is 5.32 Å². The first kappa shape index (κ1) is 12.1. The van der Waals surface area contributed by atoms with Crippen LogP contribution in [0.4, 0.5) is 0 Å². The molecule has 2 unspecified atom stereocenters. The van der Waals surface area contributed by atoms with Crippen molar-refractivity contribution >= 4 is 17.7 Å². The van der Waals surface area contributed by atoms with Crippen molar-refractivity contribution in [1.29, 1.82) is 0 Å². The summed E-state index contributed by atoms with van der Waals surface area (Å²) in [5.41, 5.74) is 0.250. The topological polar surface area (TPSA) is 75.4 Å². The van der Waals surface area contributed by atoms with Crippen LogP contribution in [0.15, 0.2) is 16.9 Å². The number of amides is 1. The second-order valence-corrected chi connectivity index (χ2v) is 4.18. The van der Waals surface area contributed by atoms with Crippen molar-refractivity contribution < 1.29 is 14.4 Å². The number of aliphatic hydroxyl groups is 1. The first-order valence-corrected chi connectivity index (χ1v) is 5.82. The van der Waals surface area contributed by atoms with Crippen LogP contribution >= 0.6 is 11.8 Å². The van der Waals surface area contributed by atoms with Crippen LogP contribution in [0.5, 0.6) is 0 Å². The number of rotatable bonds is 5. The molecular formula is C9H14N2O3S. The Hall–Kier alpha value is -1.01. The van der Waals surface area contributed by atoms with Crippen molar-refractivity contribution in [3.63, 3.8) is 0 Å². The number of aromatic nitrogens is 1. The van der Waals surface area contributed by atoms with E-state index in [1.165, 1.54) is 24.1 Å². The van der Waals surface area contributed by atoms with Crippen molar-refractivity contribution in [3.8, 4) is 0 Å². The van der Waals surface area contributed by atoms with Crippen molar-refractivity contribution in [1.82, 2.24) is 10.5 Å². The quantitative estimate of drug-likeness (QED) is 0.771. The molecular weight excluding hydrogens is 216 g/mol. The summed E-state index contributed by atoms with van der Waals surface area (Å²) in [7, 11) is 0. The molecule has 0 saturated heterocycles. The van der Waals surface area contributed by atoms with E-state index in [0.29, 0.717) is 0 Å². The summed E-state index contributed by atoms with van der Waals surface area (Å²) in [5.74, 6) is -0.288. The zero-order valence-corrected chi connectivity index (χ0v) is 9.45. The Morgan fingerprint density at radius 2 is 2.53 bits per heavy atom. The Labute approximate surface area is 92.2 Å². The highest BCUT2D eigenvalue weighted by Gasteiger charge is 2.19. The van der Waals surface area contributed by atoms with Gasteiger partial charge in [0.15, 0.2) is 5.69 Å². The highest BCUT2D eigenvalue weighted by atomic mass is 32.2.